The Bertz CT molecular complexity index is 433. The van der Waals surface area contributed by atoms with Crippen LogP contribution in [0.15, 0.2) is 22.7 Å². The predicted molar refractivity (Wildman–Crippen MR) is 61.0 cm³/mol. The molecule has 0 amide bonds. The van der Waals surface area contributed by atoms with E-state index in [0.717, 1.165) is 12.1 Å². The van der Waals surface area contributed by atoms with Gasteiger partial charge in [-0.15, -0.1) is 0 Å². The van der Waals surface area contributed by atoms with Gasteiger partial charge >= 0.3 is 11.9 Å². The molecule has 92 valence electrons. The van der Waals surface area contributed by atoms with Crippen molar-refractivity contribution in [2.45, 2.75) is 6.92 Å². The van der Waals surface area contributed by atoms with Crippen LogP contribution >= 0.6 is 15.9 Å². The Kier molecular flexibility index (Phi) is 5.09. The van der Waals surface area contributed by atoms with Gasteiger partial charge in [0.15, 0.2) is 6.61 Å². The maximum Gasteiger partial charge on any atom is 0.344 e. The van der Waals surface area contributed by atoms with Crippen molar-refractivity contribution < 1.29 is 23.5 Å². The lowest BCUT2D eigenvalue weighted by Crippen LogP contribution is -2.16. The highest BCUT2D eigenvalue weighted by atomic mass is 79.9. The van der Waals surface area contributed by atoms with E-state index >= 15 is 0 Å². The average molecular weight is 305 g/mol. The summed E-state index contributed by atoms with van der Waals surface area (Å²) in [5, 5.41) is 0. The first kappa shape index (κ1) is 13.6. The van der Waals surface area contributed by atoms with Crippen molar-refractivity contribution in [2.75, 3.05) is 13.2 Å². The van der Waals surface area contributed by atoms with Gasteiger partial charge in [0.05, 0.1) is 12.2 Å². The highest BCUT2D eigenvalue weighted by Gasteiger charge is 2.14. The molecule has 0 aromatic heterocycles. The smallest absolute Gasteiger partial charge is 0.344 e. The number of benzene rings is 1. The first-order valence-electron chi connectivity index (χ1n) is 4.82. The van der Waals surface area contributed by atoms with Crippen molar-refractivity contribution >= 4 is 27.9 Å². The Morgan fingerprint density at radius 1 is 1.35 bits per heavy atom. The van der Waals surface area contributed by atoms with E-state index in [0.29, 0.717) is 0 Å². The van der Waals surface area contributed by atoms with Gasteiger partial charge in [-0.05, 0) is 41.1 Å². The zero-order valence-corrected chi connectivity index (χ0v) is 10.6. The van der Waals surface area contributed by atoms with E-state index in [-0.39, 0.29) is 16.6 Å². The summed E-state index contributed by atoms with van der Waals surface area (Å²) < 4.78 is 22.3. The largest absolute Gasteiger partial charge is 0.463 e. The third kappa shape index (κ3) is 4.14. The molecule has 0 aliphatic heterocycles. The minimum atomic E-state index is -0.718. The Hall–Kier alpha value is -1.43. The van der Waals surface area contributed by atoms with Gasteiger partial charge in [-0.2, -0.15) is 0 Å². The fraction of sp³-hybridized carbons (Fsp3) is 0.273. The third-order valence-electron chi connectivity index (χ3n) is 1.78. The zero-order chi connectivity index (χ0) is 12.8. The molecule has 0 N–H and O–H groups in total. The Labute approximate surface area is 106 Å². The topological polar surface area (TPSA) is 52.6 Å². The van der Waals surface area contributed by atoms with Crippen molar-refractivity contribution in [3.05, 3.63) is 34.1 Å². The van der Waals surface area contributed by atoms with Gasteiger partial charge in [-0.1, -0.05) is 0 Å². The number of rotatable bonds is 4. The number of esters is 2. The van der Waals surface area contributed by atoms with E-state index in [9.17, 15) is 14.0 Å². The Morgan fingerprint density at radius 2 is 2.06 bits per heavy atom. The molecule has 0 saturated heterocycles. The lowest BCUT2D eigenvalue weighted by atomic mass is 10.2. The maximum atomic E-state index is 12.8. The maximum absolute atomic E-state index is 12.8. The number of carbonyl (C=O) groups excluding carboxylic acids is 2. The second-order valence-electron chi connectivity index (χ2n) is 3.01. The molecule has 1 aromatic rings. The van der Waals surface area contributed by atoms with E-state index in [1.165, 1.54) is 6.07 Å². The normalized spacial score (nSPS) is 9.82. The Balaban J connectivity index is 2.61. The quantitative estimate of drug-likeness (QED) is 0.801. The molecule has 17 heavy (non-hydrogen) atoms. The molecular weight excluding hydrogens is 295 g/mol. The van der Waals surface area contributed by atoms with Crippen LogP contribution in [-0.2, 0) is 14.3 Å². The van der Waals surface area contributed by atoms with Gasteiger partial charge in [0, 0.05) is 4.47 Å². The van der Waals surface area contributed by atoms with Crippen LogP contribution in [0.2, 0.25) is 0 Å². The summed E-state index contributed by atoms with van der Waals surface area (Å²) in [7, 11) is 0. The molecule has 0 fully saturated rings. The van der Waals surface area contributed by atoms with Crippen molar-refractivity contribution in [3.8, 4) is 0 Å². The van der Waals surface area contributed by atoms with E-state index in [2.05, 4.69) is 20.7 Å². The number of hydrogen-bond acceptors (Lipinski definition) is 4. The molecule has 0 aliphatic carbocycles. The molecular formula is C11H10BrFO4. The second kappa shape index (κ2) is 6.34. The minimum absolute atomic E-state index is 0.149. The van der Waals surface area contributed by atoms with E-state index < -0.39 is 24.4 Å². The van der Waals surface area contributed by atoms with Crippen LogP contribution in [0.5, 0.6) is 0 Å². The van der Waals surface area contributed by atoms with Crippen LogP contribution in [-0.4, -0.2) is 25.2 Å². The van der Waals surface area contributed by atoms with Crippen molar-refractivity contribution in [2.24, 2.45) is 0 Å². The number of ether oxygens (including phenoxy) is 2. The Morgan fingerprint density at radius 3 is 2.65 bits per heavy atom. The van der Waals surface area contributed by atoms with Gasteiger partial charge in [-0.25, -0.2) is 14.0 Å². The van der Waals surface area contributed by atoms with Crippen molar-refractivity contribution in [1.29, 1.82) is 0 Å². The van der Waals surface area contributed by atoms with Crippen molar-refractivity contribution in [3.63, 3.8) is 0 Å². The number of hydrogen-bond donors (Lipinski definition) is 0. The molecule has 1 rings (SSSR count). The summed E-state index contributed by atoms with van der Waals surface area (Å²) in [6.45, 7) is 1.41. The van der Waals surface area contributed by atoms with Crippen LogP contribution in [0.4, 0.5) is 4.39 Å². The zero-order valence-electron chi connectivity index (χ0n) is 9.04. The molecule has 0 unspecified atom stereocenters. The lowest BCUT2D eigenvalue weighted by Gasteiger charge is -2.05. The molecule has 4 nitrogen and oxygen atoms in total. The molecule has 0 spiro atoms. The lowest BCUT2D eigenvalue weighted by molar-refractivity contribution is -0.146. The average Bonchev–Trinajstić information content (AvgIpc) is 2.26. The predicted octanol–water partition coefficient (Wildman–Crippen LogP) is 2.31. The summed E-state index contributed by atoms with van der Waals surface area (Å²) in [6.07, 6.45) is 0. The van der Waals surface area contributed by atoms with Crippen molar-refractivity contribution in [1.82, 2.24) is 0 Å². The van der Waals surface area contributed by atoms with Gasteiger partial charge in [0.25, 0.3) is 0 Å². The molecule has 0 atom stereocenters. The highest BCUT2D eigenvalue weighted by Crippen LogP contribution is 2.18. The highest BCUT2D eigenvalue weighted by molar-refractivity contribution is 9.10. The minimum Gasteiger partial charge on any atom is -0.463 e. The van der Waals surface area contributed by atoms with Crippen LogP contribution in [0, 0.1) is 5.82 Å². The van der Waals surface area contributed by atoms with Crippen LogP contribution in [0.1, 0.15) is 17.3 Å². The van der Waals surface area contributed by atoms with E-state index in [1.54, 1.807) is 6.92 Å². The molecule has 0 saturated carbocycles. The van der Waals surface area contributed by atoms with Gasteiger partial charge in [0.2, 0.25) is 0 Å². The van der Waals surface area contributed by atoms with Crippen LogP contribution in [0.3, 0.4) is 0 Å². The standard InChI is InChI=1S/C11H10BrFO4/c1-2-16-10(14)6-17-11(15)8-4-3-7(13)5-9(8)12/h3-5H,2,6H2,1H3. The summed E-state index contributed by atoms with van der Waals surface area (Å²) in [5.74, 6) is -1.82. The summed E-state index contributed by atoms with van der Waals surface area (Å²) in [6, 6.07) is 3.54. The molecule has 0 bridgehead atoms. The molecule has 6 heteroatoms. The second-order valence-corrected chi connectivity index (χ2v) is 3.86. The first-order chi connectivity index (χ1) is 8.04. The van der Waals surface area contributed by atoms with Crippen LogP contribution in [0.25, 0.3) is 0 Å². The number of carbonyl (C=O) groups is 2. The molecule has 0 aliphatic rings. The van der Waals surface area contributed by atoms with Gasteiger partial charge in [-0.3, -0.25) is 0 Å². The summed E-state index contributed by atoms with van der Waals surface area (Å²) in [4.78, 5) is 22.4. The SMILES string of the molecule is CCOC(=O)COC(=O)c1ccc(F)cc1Br. The fourth-order valence-electron chi connectivity index (χ4n) is 1.06. The summed E-state index contributed by atoms with van der Waals surface area (Å²) in [5.41, 5.74) is 0.149. The van der Waals surface area contributed by atoms with Gasteiger partial charge < -0.3 is 9.47 Å². The van der Waals surface area contributed by atoms with E-state index in [1.807, 2.05) is 0 Å². The molecule has 1 aromatic carbocycles. The van der Waals surface area contributed by atoms with Crippen LogP contribution < -0.4 is 0 Å². The van der Waals surface area contributed by atoms with Gasteiger partial charge in [0.1, 0.15) is 5.82 Å². The summed E-state index contributed by atoms with van der Waals surface area (Å²) >= 11 is 3.03. The number of halogens is 2. The van der Waals surface area contributed by atoms with E-state index in [4.69, 9.17) is 4.74 Å². The monoisotopic (exact) mass is 304 g/mol. The first-order valence-corrected chi connectivity index (χ1v) is 5.61. The molecule has 0 heterocycles. The third-order valence-corrected chi connectivity index (χ3v) is 2.43. The fourth-order valence-corrected chi connectivity index (χ4v) is 1.57. The molecule has 0 radical (unpaired) electrons.